The summed E-state index contributed by atoms with van der Waals surface area (Å²) in [5.74, 6) is 0. The molecule has 0 bridgehead atoms. The molecule has 0 saturated carbocycles. The summed E-state index contributed by atoms with van der Waals surface area (Å²) < 4.78 is 2.77. The van der Waals surface area contributed by atoms with Gasteiger partial charge in [-0.2, -0.15) is 0 Å². The summed E-state index contributed by atoms with van der Waals surface area (Å²) in [7, 11) is 0. The van der Waals surface area contributed by atoms with Gasteiger partial charge in [0, 0.05) is 0 Å². The first-order valence-corrected chi connectivity index (χ1v) is 11.8. The number of nitrogens with zero attached hydrogens (tertiary/aromatic N) is 1. The number of nitrogens with one attached hydrogen (secondary N) is 1. The van der Waals surface area contributed by atoms with Crippen molar-refractivity contribution < 1.29 is 18.1 Å². The van der Waals surface area contributed by atoms with Crippen molar-refractivity contribution in [1.29, 1.82) is 0 Å². The number of aromatic amines is 1. The standard InChI is InChI=1S/C17H19N2.2CH3.Ti/c1-17(2,3)19-16-11-14(15-9-6-10-18-15)12-7-4-5-8-13(12)16;;;/h4-11,16,18H,1-3H3;2*1H3;/q-1;;;+1. The molecule has 2 aromatic rings. The zero-order chi connectivity index (χ0) is 15.9. The number of H-pyrrole nitrogens is 1. The van der Waals surface area contributed by atoms with Gasteiger partial charge in [0.2, 0.25) is 0 Å². The number of benzene rings is 1. The van der Waals surface area contributed by atoms with Crippen LogP contribution in [0.1, 0.15) is 43.6 Å². The number of hydrogen-bond acceptors (Lipinski definition) is 1. The average Bonchev–Trinajstić information content (AvgIpc) is 3.05. The van der Waals surface area contributed by atoms with E-state index in [1.165, 1.54) is 22.4 Å². The van der Waals surface area contributed by atoms with E-state index in [1.54, 1.807) is 0 Å². The quantitative estimate of drug-likeness (QED) is 0.764. The summed E-state index contributed by atoms with van der Waals surface area (Å²) in [6.45, 7) is 7.03. The topological polar surface area (TPSA) is 19.0 Å². The van der Waals surface area contributed by atoms with Gasteiger partial charge in [-0.05, 0) is 0 Å². The van der Waals surface area contributed by atoms with E-state index >= 15 is 0 Å². The summed E-state index contributed by atoms with van der Waals surface area (Å²) in [6, 6.07) is 13.5. The molecule has 1 N–H and O–H groups in total. The molecule has 3 rings (SSSR count). The Morgan fingerprint density at radius 3 is 2.36 bits per heavy atom. The molecule has 0 spiro atoms. The predicted octanol–water partition coefficient (Wildman–Crippen LogP) is 5.23. The molecule has 3 heteroatoms. The molecule has 115 valence electrons. The summed E-state index contributed by atoms with van der Waals surface area (Å²) in [5.41, 5.74) is 5.59. The van der Waals surface area contributed by atoms with Crippen molar-refractivity contribution in [3.8, 4) is 0 Å². The van der Waals surface area contributed by atoms with Crippen molar-refractivity contribution in [1.82, 2.24) is 8.37 Å². The fraction of sp³-hybridized carbons (Fsp3) is 0.368. The molecule has 1 aliphatic carbocycles. The van der Waals surface area contributed by atoms with E-state index in [-0.39, 0.29) is 5.54 Å². The van der Waals surface area contributed by atoms with E-state index in [0.29, 0.717) is 6.04 Å². The molecule has 1 heterocycles. The van der Waals surface area contributed by atoms with Crippen molar-refractivity contribution in [2.24, 2.45) is 0 Å². The number of aromatic nitrogens is 1. The predicted molar refractivity (Wildman–Crippen MR) is 90.4 cm³/mol. The van der Waals surface area contributed by atoms with Crippen LogP contribution in [0, 0.1) is 0 Å². The van der Waals surface area contributed by atoms with Gasteiger partial charge in [-0.3, -0.25) is 0 Å². The van der Waals surface area contributed by atoms with Crippen LogP contribution in [-0.2, 0) is 18.1 Å². The van der Waals surface area contributed by atoms with Crippen molar-refractivity contribution >= 4 is 5.57 Å². The van der Waals surface area contributed by atoms with E-state index in [0.717, 1.165) is 0 Å². The number of fused-ring (bicyclic) bond motifs is 1. The van der Waals surface area contributed by atoms with Crippen LogP contribution >= 0.6 is 0 Å². The Kier molecular flexibility index (Phi) is 4.20. The molecule has 0 fully saturated rings. The molecular formula is C19H25N2Ti. The molecule has 1 aliphatic rings. The van der Waals surface area contributed by atoms with Gasteiger partial charge in [0.25, 0.3) is 0 Å². The molecule has 0 saturated heterocycles. The monoisotopic (exact) mass is 329 g/mol. The Balaban J connectivity index is 2.13. The van der Waals surface area contributed by atoms with Gasteiger partial charge in [0.15, 0.2) is 0 Å². The van der Waals surface area contributed by atoms with Crippen LogP contribution in [0.4, 0.5) is 0 Å². The first-order valence-electron chi connectivity index (χ1n) is 7.94. The second kappa shape index (κ2) is 5.84. The van der Waals surface area contributed by atoms with Gasteiger partial charge in [0.05, 0.1) is 0 Å². The van der Waals surface area contributed by atoms with Crippen LogP contribution in [0.5, 0.6) is 0 Å². The third-order valence-electron chi connectivity index (χ3n) is 4.26. The molecule has 1 atom stereocenters. The van der Waals surface area contributed by atoms with Crippen LogP contribution in [-0.4, -0.2) is 13.9 Å². The molecule has 0 amide bonds. The Hall–Kier alpha value is -1.09. The van der Waals surface area contributed by atoms with Gasteiger partial charge >= 0.3 is 140 Å². The number of rotatable bonds is 3. The molecule has 0 aliphatic heterocycles. The van der Waals surface area contributed by atoms with Crippen molar-refractivity contribution in [2.45, 2.75) is 42.8 Å². The minimum absolute atomic E-state index is 0.193. The fourth-order valence-electron chi connectivity index (χ4n) is 3.65. The summed E-state index contributed by atoms with van der Waals surface area (Å²) in [4.78, 5) is 3.37. The summed E-state index contributed by atoms with van der Waals surface area (Å²) >= 11 is -1.24. The van der Waals surface area contributed by atoms with E-state index in [1.807, 2.05) is 6.20 Å². The Labute approximate surface area is 140 Å². The van der Waals surface area contributed by atoms with Crippen molar-refractivity contribution in [3.05, 3.63) is 65.5 Å². The van der Waals surface area contributed by atoms with Crippen molar-refractivity contribution in [3.63, 3.8) is 0 Å². The van der Waals surface area contributed by atoms with Crippen LogP contribution in [0.3, 0.4) is 0 Å². The molecule has 1 unspecified atom stereocenters. The van der Waals surface area contributed by atoms with Gasteiger partial charge in [-0.1, -0.05) is 0 Å². The Bertz CT molecular complexity index is 678. The van der Waals surface area contributed by atoms with E-state index in [4.69, 9.17) is 0 Å². The Morgan fingerprint density at radius 1 is 1.05 bits per heavy atom. The molecule has 1 aromatic carbocycles. The third kappa shape index (κ3) is 2.76. The zero-order valence-electron chi connectivity index (χ0n) is 14.1. The second-order valence-corrected chi connectivity index (χ2v) is 10.9. The summed E-state index contributed by atoms with van der Waals surface area (Å²) in [5, 5.41) is 4.91. The minimum atomic E-state index is -1.24. The van der Waals surface area contributed by atoms with E-state index < -0.39 is 18.1 Å². The Morgan fingerprint density at radius 2 is 1.77 bits per heavy atom. The number of hydrogen-bond donors (Lipinski definition) is 1. The van der Waals surface area contributed by atoms with Gasteiger partial charge in [0.1, 0.15) is 0 Å². The van der Waals surface area contributed by atoms with Gasteiger partial charge in [-0.15, -0.1) is 0 Å². The summed E-state index contributed by atoms with van der Waals surface area (Å²) in [6.07, 6.45) is 4.47. The van der Waals surface area contributed by atoms with Crippen LogP contribution in [0.2, 0.25) is 10.5 Å². The van der Waals surface area contributed by atoms with Crippen LogP contribution in [0.25, 0.3) is 5.57 Å². The first-order chi connectivity index (χ1) is 10.4. The van der Waals surface area contributed by atoms with Crippen molar-refractivity contribution in [2.75, 3.05) is 0 Å². The third-order valence-corrected chi connectivity index (χ3v) is 7.25. The molecule has 22 heavy (non-hydrogen) atoms. The van der Waals surface area contributed by atoms with E-state index in [9.17, 15) is 0 Å². The zero-order valence-corrected chi connectivity index (χ0v) is 15.7. The normalized spacial score (nSPS) is 17.5. The average molecular weight is 329 g/mol. The first kappa shape index (κ1) is 15.8. The van der Waals surface area contributed by atoms with Gasteiger partial charge in [-0.25, -0.2) is 0 Å². The second-order valence-electron chi connectivity index (χ2n) is 7.18. The van der Waals surface area contributed by atoms with Crippen LogP contribution < -0.4 is 0 Å². The van der Waals surface area contributed by atoms with Gasteiger partial charge < -0.3 is 0 Å². The van der Waals surface area contributed by atoms with Crippen LogP contribution in [0.15, 0.2) is 48.7 Å². The maximum atomic E-state index is 3.37. The molecular weight excluding hydrogens is 304 g/mol. The molecule has 2 nitrogen and oxygen atoms in total. The molecule has 1 aromatic heterocycles. The fourth-order valence-corrected chi connectivity index (χ4v) is 6.95. The van der Waals surface area contributed by atoms with E-state index in [2.05, 4.69) is 82.1 Å². The maximum absolute atomic E-state index is 3.37. The SMILES string of the molecule is [CH3][Ti]([CH3])[N](C1C=C(c2ccc[nH]2)c2ccccc21)C(C)(C)C. The molecule has 0 radical (unpaired) electrons.